The molecular weight excluding hydrogens is 805 g/mol. The first-order valence-electron chi connectivity index (χ1n) is 27.8. The quantitative estimate of drug-likeness (QED) is 0.0199. The first kappa shape index (κ1) is 62.1. The summed E-state index contributed by atoms with van der Waals surface area (Å²) < 4.78 is 16.8. The van der Waals surface area contributed by atoms with E-state index in [4.69, 9.17) is 14.2 Å². The van der Waals surface area contributed by atoms with Crippen LogP contribution in [0.2, 0.25) is 0 Å². The molecule has 6 nitrogen and oxygen atoms in total. The van der Waals surface area contributed by atoms with Gasteiger partial charge in [0.15, 0.2) is 6.10 Å². The molecule has 0 rings (SSSR count). The summed E-state index contributed by atoms with van der Waals surface area (Å²) in [5, 5.41) is 0. The number of allylic oxidation sites excluding steroid dienone is 10. The van der Waals surface area contributed by atoms with Crippen LogP contribution in [0.5, 0.6) is 0 Å². The van der Waals surface area contributed by atoms with Crippen LogP contribution in [0, 0.1) is 0 Å². The maximum absolute atomic E-state index is 12.8. The molecule has 0 aliphatic carbocycles. The van der Waals surface area contributed by atoms with Crippen LogP contribution in [0.25, 0.3) is 0 Å². The summed E-state index contributed by atoms with van der Waals surface area (Å²) in [5.74, 6) is -0.911. The summed E-state index contributed by atoms with van der Waals surface area (Å²) >= 11 is 0. The van der Waals surface area contributed by atoms with Gasteiger partial charge < -0.3 is 14.2 Å². The second kappa shape index (κ2) is 53.7. The Bertz CT molecular complexity index is 1180. The predicted molar refractivity (Wildman–Crippen MR) is 279 cm³/mol. The lowest BCUT2D eigenvalue weighted by atomic mass is 10.1. The average molecular weight is 909 g/mol. The van der Waals surface area contributed by atoms with Gasteiger partial charge in [-0.2, -0.15) is 0 Å². The van der Waals surface area contributed by atoms with Crippen LogP contribution in [0.1, 0.15) is 278 Å². The Balaban J connectivity index is 4.35. The van der Waals surface area contributed by atoms with Crippen LogP contribution in [-0.2, 0) is 28.6 Å². The van der Waals surface area contributed by atoms with Gasteiger partial charge in [-0.3, -0.25) is 14.4 Å². The minimum absolute atomic E-state index is 0.0854. The van der Waals surface area contributed by atoms with Crippen LogP contribution in [-0.4, -0.2) is 37.2 Å². The van der Waals surface area contributed by atoms with Crippen LogP contribution in [0.3, 0.4) is 0 Å². The van der Waals surface area contributed by atoms with E-state index in [9.17, 15) is 14.4 Å². The van der Waals surface area contributed by atoms with Crippen molar-refractivity contribution in [3.05, 3.63) is 60.8 Å². The molecule has 0 aromatic carbocycles. The Kier molecular flexibility index (Phi) is 51.3. The molecule has 0 aliphatic rings. The molecule has 376 valence electrons. The number of hydrogen-bond donors (Lipinski definition) is 0. The first-order valence-corrected chi connectivity index (χ1v) is 27.8. The van der Waals surface area contributed by atoms with Crippen molar-refractivity contribution in [1.82, 2.24) is 0 Å². The number of ether oxygens (including phenoxy) is 3. The van der Waals surface area contributed by atoms with Gasteiger partial charge in [-0.05, 0) is 89.9 Å². The maximum Gasteiger partial charge on any atom is 0.306 e. The number of rotatable bonds is 50. The van der Waals surface area contributed by atoms with Crippen molar-refractivity contribution in [2.75, 3.05) is 13.2 Å². The van der Waals surface area contributed by atoms with Gasteiger partial charge in [-0.15, -0.1) is 0 Å². The molecule has 0 amide bonds. The molecule has 1 unspecified atom stereocenters. The van der Waals surface area contributed by atoms with Gasteiger partial charge >= 0.3 is 17.9 Å². The summed E-state index contributed by atoms with van der Waals surface area (Å²) in [4.78, 5) is 38.0. The standard InChI is InChI=1S/C59H104O6/c1-4-7-10-13-16-19-22-24-26-28-30-32-33-35-37-40-43-46-49-52-58(61)64-55-56(54-63-57(60)51-48-45-42-39-21-18-15-12-9-6-3)65-59(62)53-50-47-44-41-38-36-34-31-29-27-25-23-20-17-14-11-8-5-2/h15-16,18-19,22,24,27,29,31,34,56H,4-14,17,20-21,23,25-26,28,30,32-33,35-55H2,1-3H3/b18-15-,19-16-,24-22-,29-27-,34-31-. The SMILES string of the molecule is CCCC/C=C\CCCCCCC(=O)OCC(COC(=O)CCCCCCCCCCCC/C=C\C=C/CCCCC)OC(=O)CCCCCCC/C=C\C=C/CCCCCCCCC. The van der Waals surface area contributed by atoms with Crippen molar-refractivity contribution in [3.8, 4) is 0 Å². The highest BCUT2D eigenvalue weighted by molar-refractivity contribution is 5.71. The van der Waals surface area contributed by atoms with E-state index in [-0.39, 0.29) is 31.1 Å². The maximum atomic E-state index is 12.8. The van der Waals surface area contributed by atoms with Gasteiger partial charge in [-0.1, -0.05) is 229 Å². The number of carbonyl (C=O) groups is 3. The van der Waals surface area contributed by atoms with Gasteiger partial charge in [-0.25, -0.2) is 0 Å². The monoisotopic (exact) mass is 909 g/mol. The van der Waals surface area contributed by atoms with E-state index in [1.165, 1.54) is 141 Å². The minimum Gasteiger partial charge on any atom is -0.462 e. The Labute approximate surface area is 402 Å². The van der Waals surface area contributed by atoms with E-state index >= 15 is 0 Å². The van der Waals surface area contributed by atoms with E-state index in [0.717, 1.165) is 96.3 Å². The highest BCUT2D eigenvalue weighted by Crippen LogP contribution is 2.15. The van der Waals surface area contributed by atoms with Crippen LogP contribution in [0.15, 0.2) is 60.8 Å². The Morgan fingerprint density at radius 1 is 0.308 bits per heavy atom. The number of esters is 3. The van der Waals surface area contributed by atoms with Crippen LogP contribution >= 0.6 is 0 Å². The molecular formula is C59H104O6. The molecule has 0 N–H and O–H groups in total. The van der Waals surface area contributed by atoms with Crippen molar-refractivity contribution in [2.24, 2.45) is 0 Å². The third-order valence-corrected chi connectivity index (χ3v) is 12.0. The highest BCUT2D eigenvalue weighted by atomic mass is 16.6. The molecule has 0 fully saturated rings. The molecule has 0 saturated heterocycles. The van der Waals surface area contributed by atoms with Gasteiger partial charge in [0, 0.05) is 19.3 Å². The Morgan fingerprint density at radius 3 is 0.938 bits per heavy atom. The topological polar surface area (TPSA) is 78.9 Å². The molecule has 1 atom stereocenters. The molecule has 65 heavy (non-hydrogen) atoms. The second-order valence-electron chi connectivity index (χ2n) is 18.5. The lowest BCUT2D eigenvalue weighted by Gasteiger charge is -2.18. The van der Waals surface area contributed by atoms with Crippen LogP contribution < -0.4 is 0 Å². The zero-order valence-electron chi connectivity index (χ0n) is 43.0. The third kappa shape index (κ3) is 51.9. The molecule has 0 aliphatic heterocycles. The fraction of sp³-hybridized carbons (Fsp3) is 0.780. The summed E-state index contributed by atoms with van der Waals surface area (Å²) in [7, 11) is 0. The molecule has 6 heteroatoms. The fourth-order valence-electron chi connectivity index (χ4n) is 7.76. The summed E-state index contributed by atoms with van der Waals surface area (Å²) in [6, 6.07) is 0. The molecule has 0 bridgehead atoms. The average Bonchev–Trinajstić information content (AvgIpc) is 3.30. The van der Waals surface area contributed by atoms with Crippen molar-refractivity contribution in [1.29, 1.82) is 0 Å². The largest absolute Gasteiger partial charge is 0.462 e. The molecule has 0 radical (unpaired) electrons. The van der Waals surface area contributed by atoms with Crippen LogP contribution in [0.4, 0.5) is 0 Å². The summed E-state index contributed by atoms with van der Waals surface area (Å²) in [5.41, 5.74) is 0. The van der Waals surface area contributed by atoms with Gasteiger partial charge in [0.2, 0.25) is 0 Å². The normalized spacial score (nSPS) is 12.5. The molecule has 0 aromatic heterocycles. The predicted octanol–water partition coefficient (Wildman–Crippen LogP) is 18.4. The van der Waals surface area contributed by atoms with Gasteiger partial charge in [0.25, 0.3) is 0 Å². The van der Waals surface area contributed by atoms with Gasteiger partial charge in [0.05, 0.1) is 0 Å². The lowest BCUT2D eigenvalue weighted by Crippen LogP contribution is -2.30. The Morgan fingerprint density at radius 2 is 0.569 bits per heavy atom. The molecule has 0 heterocycles. The number of unbranched alkanes of at least 4 members (excludes halogenated alkanes) is 31. The molecule has 0 spiro atoms. The Hall–Kier alpha value is -2.89. The highest BCUT2D eigenvalue weighted by Gasteiger charge is 2.19. The lowest BCUT2D eigenvalue weighted by molar-refractivity contribution is -0.167. The fourth-order valence-corrected chi connectivity index (χ4v) is 7.76. The summed E-state index contributed by atoms with van der Waals surface area (Å²) in [6.07, 6.45) is 66.4. The van der Waals surface area contributed by atoms with Gasteiger partial charge in [0.1, 0.15) is 13.2 Å². The van der Waals surface area contributed by atoms with Crippen molar-refractivity contribution in [3.63, 3.8) is 0 Å². The number of carbonyl (C=O) groups excluding carboxylic acids is 3. The minimum atomic E-state index is -0.787. The first-order chi connectivity index (χ1) is 32.0. The van der Waals surface area contributed by atoms with E-state index in [0.29, 0.717) is 19.3 Å². The van der Waals surface area contributed by atoms with Crippen molar-refractivity contribution >= 4 is 17.9 Å². The summed E-state index contributed by atoms with van der Waals surface area (Å²) in [6.45, 7) is 6.55. The van der Waals surface area contributed by atoms with E-state index in [1.54, 1.807) is 0 Å². The van der Waals surface area contributed by atoms with Crippen molar-refractivity contribution < 1.29 is 28.6 Å². The third-order valence-electron chi connectivity index (χ3n) is 12.0. The van der Waals surface area contributed by atoms with E-state index in [2.05, 4.69) is 81.5 Å². The zero-order chi connectivity index (χ0) is 47.2. The van der Waals surface area contributed by atoms with E-state index < -0.39 is 6.10 Å². The smallest absolute Gasteiger partial charge is 0.306 e. The molecule has 0 aromatic rings. The zero-order valence-corrected chi connectivity index (χ0v) is 43.0. The molecule has 0 saturated carbocycles. The number of hydrogen-bond acceptors (Lipinski definition) is 6. The van der Waals surface area contributed by atoms with E-state index in [1.807, 2.05) is 0 Å². The van der Waals surface area contributed by atoms with Crippen molar-refractivity contribution in [2.45, 2.75) is 284 Å². The second-order valence-corrected chi connectivity index (χ2v) is 18.5.